The maximum absolute atomic E-state index is 12.2. The fraction of sp³-hybridized carbons (Fsp3) is 0.182. The van der Waals surface area contributed by atoms with E-state index >= 15 is 0 Å². The van der Waals surface area contributed by atoms with Crippen molar-refractivity contribution in [3.63, 3.8) is 0 Å². The monoisotopic (exact) mass is 407 g/mol. The van der Waals surface area contributed by atoms with Crippen LogP contribution in [0, 0.1) is 6.92 Å². The molecule has 0 aliphatic carbocycles. The van der Waals surface area contributed by atoms with Gasteiger partial charge >= 0.3 is 0 Å². The number of hydrogen-bond acceptors (Lipinski definition) is 3. The van der Waals surface area contributed by atoms with Crippen LogP contribution in [0.5, 0.6) is 0 Å². The fourth-order valence-corrected chi connectivity index (χ4v) is 4.13. The molecule has 1 aromatic carbocycles. The Morgan fingerprint density at radius 3 is 2.68 bits per heavy atom. The minimum Gasteiger partial charge on any atom is -0.347 e. The molecule has 2 rings (SSSR count). The normalized spacial score (nSPS) is 11.7. The number of sulfonamides is 1. The molecule has 0 fully saturated rings. The van der Waals surface area contributed by atoms with Gasteiger partial charge in [-0.3, -0.25) is 0 Å². The van der Waals surface area contributed by atoms with E-state index in [-0.39, 0.29) is 11.4 Å². The van der Waals surface area contributed by atoms with E-state index in [1.165, 1.54) is 0 Å². The van der Waals surface area contributed by atoms with Crippen molar-refractivity contribution in [2.45, 2.75) is 18.4 Å². The molecule has 0 radical (unpaired) electrons. The van der Waals surface area contributed by atoms with Crippen LogP contribution in [-0.4, -0.2) is 18.4 Å². The number of H-pyrrole nitrogens is 1. The first-order chi connectivity index (χ1) is 8.90. The zero-order valence-electron chi connectivity index (χ0n) is 9.94. The molecule has 19 heavy (non-hydrogen) atoms. The molecule has 0 unspecified atom stereocenters. The van der Waals surface area contributed by atoms with Crippen molar-refractivity contribution >= 4 is 41.9 Å². The summed E-state index contributed by atoms with van der Waals surface area (Å²) in [5.74, 6) is 0.561. The van der Waals surface area contributed by atoms with Gasteiger partial charge in [-0.2, -0.15) is 0 Å². The van der Waals surface area contributed by atoms with Crippen LogP contribution in [-0.2, 0) is 16.6 Å². The molecule has 2 N–H and O–H groups in total. The molecule has 1 heterocycles. The average Bonchev–Trinajstić information content (AvgIpc) is 2.84. The Morgan fingerprint density at radius 2 is 2.05 bits per heavy atom. The second-order valence-electron chi connectivity index (χ2n) is 3.89. The van der Waals surface area contributed by atoms with Crippen LogP contribution in [0.4, 0.5) is 0 Å². The molecule has 0 spiro atoms. The van der Waals surface area contributed by atoms with Crippen LogP contribution < -0.4 is 4.72 Å². The van der Waals surface area contributed by atoms with Crippen molar-refractivity contribution in [1.29, 1.82) is 0 Å². The molecule has 0 aliphatic rings. The Hall–Kier alpha value is -0.700. The molecule has 0 atom stereocenters. The van der Waals surface area contributed by atoms with Gasteiger partial charge in [-0.15, -0.1) is 0 Å². The minimum atomic E-state index is -3.59. The maximum atomic E-state index is 12.2. The largest absolute Gasteiger partial charge is 0.347 e. The van der Waals surface area contributed by atoms with Crippen molar-refractivity contribution in [1.82, 2.24) is 14.7 Å². The molecular weight excluding hydrogens is 398 g/mol. The number of benzene rings is 1. The molecule has 102 valence electrons. The third-order valence-electron chi connectivity index (χ3n) is 2.49. The van der Waals surface area contributed by atoms with Crippen LogP contribution in [0.2, 0.25) is 0 Å². The topological polar surface area (TPSA) is 74.8 Å². The van der Waals surface area contributed by atoms with Crippen molar-refractivity contribution in [2.75, 3.05) is 0 Å². The van der Waals surface area contributed by atoms with E-state index in [0.29, 0.717) is 10.3 Å². The van der Waals surface area contributed by atoms with Crippen molar-refractivity contribution in [3.8, 4) is 0 Å². The Bertz CT molecular complexity index is 684. The van der Waals surface area contributed by atoms with Crippen LogP contribution in [0.25, 0.3) is 0 Å². The molecule has 0 amide bonds. The summed E-state index contributed by atoms with van der Waals surface area (Å²) >= 11 is 6.60. The second-order valence-corrected chi connectivity index (χ2v) is 7.34. The van der Waals surface area contributed by atoms with Crippen molar-refractivity contribution < 1.29 is 8.42 Å². The molecule has 0 saturated carbocycles. The maximum Gasteiger partial charge on any atom is 0.242 e. The van der Waals surface area contributed by atoms with Gasteiger partial charge in [0.25, 0.3) is 0 Å². The molecule has 0 aliphatic heterocycles. The number of aromatic amines is 1. The Labute approximate surface area is 128 Å². The second kappa shape index (κ2) is 5.74. The fourth-order valence-electron chi connectivity index (χ4n) is 1.47. The third-order valence-corrected chi connectivity index (χ3v) is 5.70. The van der Waals surface area contributed by atoms with E-state index in [0.717, 1.165) is 10.0 Å². The lowest BCUT2D eigenvalue weighted by atomic mass is 10.2. The minimum absolute atomic E-state index is 0.118. The summed E-state index contributed by atoms with van der Waals surface area (Å²) in [7, 11) is -3.59. The molecule has 1 aromatic heterocycles. The molecule has 0 bridgehead atoms. The van der Waals surface area contributed by atoms with Crippen LogP contribution in [0.1, 0.15) is 11.4 Å². The standard InChI is InChI=1S/C11H11Br2N3O2S/c1-7-4-9(13)10(5-8(7)12)19(17,18)16-6-11-14-2-3-15-11/h2-5,16H,6H2,1H3,(H,14,15). The Balaban J connectivity index is 2.27. The lowest BCUT2D eigenvalue weighted by molar-refractivity contribution is 0.579. The first-order valence-electron chi connectivity index (χ1n) is 5.34. The lowest BCUT2D eigenvalue weighted by Crippen LogP contribution is -2.24. The van der Waals surface area contributed by atoms with E-state index in [2.05, 4.69) is 46.5 Å². The van der Waals surface area contributed by atoms with Gasteiger partial charge in [0.05, 0.1) is 11.4 Å². The SMILES string of the molecule is Cc1cc(Br)c(S(=O)(=O)NCc2ncc[nH]2)cc1Br. The molecular formula is C11H11Br2N3O2S. The van der Waals surface area contributed by atoms with Crippen LogP contribution >= 0.6 is 31.9 Å². The number of halogens is 2. The van der Waals surface area contributed by atoms with Gasteiger partial charge < -0.3 is 4.98 Å². The molecule has 2 aromatic rings. The number of aryl methyl sites for hydroxylation is 1. The van der Waals surface area contributed by atoms with Crippen LogP contribution in [0.3, 0.4) is 0 Å². The number of imidazole rings is 1. The number of nitrogens with zero attached hydrogens (tertiary/aromatic N) is 1. The number of hydrogen-bond donors (Lipinski definition) is 2. The Kier molecular flexibility index (Phi) is 4.44. The van der Waals surface area contributed by atoms with Gasteiger partial charge in [0.1, 0.15) is 5.82 Å². The van der Waals surface area contributed by atoms with E-state index in [9.17, 15) is 8.42 Å². The zero-order valence-corrected chi connectivity index (χ0v) is 13.9. The lowest BCUT2D eigenvalue weighted by Gasteiger charge is -2.09. The number of nitrogens with one attached hydrogen (secondary N) is 2. The molecule has 5 nitrogen and oxygen atoms in total. The summed E-state index contributed by atoms with van der Waals surface area (Å²) in [6.07, 6.45) is 3.21. The van der Waals surface area contributed by atoms with Gasteiger partial charge in [-0.1, -0.05) is 15.9 Å². The summed E-state index contributed by atoms with van der Waals surface area (Å²) in [5.41, 5.74) is 0.955. The van der Waals surface area contributed by atoms with E-state index in [1.54, 1.807) is 24.5 Å². The van der Waals surface area contributed by atoms with E-state index < -0.39 is 10.0 Å². The third kappa shape index (κ3) is 3.44. The van der Waals surface area contributed by atoms with Gasteiger partial charge in [0.2, 0.25) is 10.0 Å². The summed E-state index contributed by atoms with van der Waals surface area (Å²) < 4.78 is 28.2. The average molecular weight is 409 g/mol. The highest BCUT2D eigenvalue weighted by molar-refractivity contribution is 9.11. The Morgan fingerprint density at radius 1 is 1.32 bits per heavy atom. The quantitative estimate of drug-likeness (QED) is 0.816. The summed E-state index contributed by atoms with van der Waals surface area (Å²) in [6.45, 7) is 2.01. The predicted molar refractivity (Wildman–Crippen MR) is 79.2 cm³/mol. The first-order valence-corrected chi connectivity index (χ1v) is 8.40. The van der Waals surface area contributed by atoms with Crippen molar-refractivity contribution in [3.05, 3.63) is 44.9 Å². The van der Waals surface area contributed by atoms with Crippen LogP contribution in [0.15, 0.2) is 38.4 Å². The van der Waals surface area contributed by atoms with Crippen molar-refractivity contribution in [2.24, 2.45) is 0 Å². The van der Waals surface area contributed by atoms with Gasteiger partial charge in [-0.05, 0) is 40.5 Å². The van der Waals surface area contributed by atoms with E-state index in [4.69, 9.17) is 0 Å². The van der Waals surface area contributed by atoms with Gasteiger partial charge in [0.15, 0.2) is 0 Å². The molecule has 0 saturated heterocycles. The predicted octanol–water partition coefficient (Wildman–Crippen LogP) is 2.72. The highest BCUT2D eigenvalue weighted by Gasteiger charge is 2.19. The zero-order chi connectivity index (χ0) is 14.0. The smallest absolute Gasteiger partial charge is 0.242 e. The molecule has 8 heteroatoms. The number of rotatable bonds is 4. The number of aromatic nitrogens is 2. The first kappa shape index (κ1) is 14.7. The van der Waals surface area contributed by atoms with Gasteiger partial charge in [0, 0.05) is 21.3 Å². The van der Waals surface area contributed by atoms with E-state index in [1.807, 2.05) is 6.92 Å². The summed E-state index contributed by atoms with van der Waals surface area (Å²) in [4.78, 5) is 6.99. The summed E-state index contributed by atoms with van der Waals surface area (Å²) in [6, 6.07) is 3.33. The highest BCUT2D eigenvalue weighted by Crippen LogP contribution is 2.28. The summed E-state index contributed by atoms with van der Waals surface area (Å²) in [5, 5.41) is 0. The highest BCUT2D eigenvalue weighted by atomic mass is 79.9. The van der Waals surface area contributed by atoms with Gasteiger partial charge in [-0.25, -0.2) is 18.1 Å².